The molecule has 0 radical (unpaired) electrons. The molecular formula is C22H19FN4O2S. The molecule has 0 saturated heterocycles. The van der Waals surface area contributed by atoms with Crippen LogP contribution >= 0.6 is 11.3 Å². The van der Waals surface area contributed by atoms with Crippen molar-refractivity contribution < 1.29 is 9.18 Å². The molecule has 0 saturated carbocycles. The van der Waals surface area contributed by atoms with Crippen LogP contribution in [0.3, 0.4) is 0 Å². The maximum absolute atomic E-state index is 13.1. The summed E-state index contributed by atoms with van der Waals surface area (Å²) in [5.74, 6) is -0.286. The van der Waals surface area contributed by atoms with Crippen LogP contribution in [0.1, 0.15) is 32.8 Å². The molecule has 1 aromatic carbocycles. The maximum Gasteiger partial charge on any atom is 0.351 e. The number of aryl methyl sites for hydroxylation is 2. The SMILES string of the molecule is Cc1cc(-n2cnn(Cc3ccc(F)cc3)c2=O)sc1C(=O)CCc1cccnc1. The van der Waals surface area contributed by atoms with E-state index in [1.165, 1.54) is 39.0 Å². The molecule has 0 fully saturated rings. The van der Waals surface area contributed by atoms with Gasteiger partial charge in [0.2, 0.25) is 0 Å². The van der Waals surface area contributed by atoms with Gasteiger partial charge in [-0.25, -0.2) is 18.4 Å². The van der Waals surface area contributed by atoms with Crippen molar-refractivity contribution in [2.45, 2.75) is 26.3 Å². The Kier molecular flexibility index (Phi) is 5.67. The standard InChI is InChI=1S/C22H19FN4O2S/c1-15-11-20(30-21(15)19(28)9-6-16-3-2-10-24-12-16)26-14-25-27(22(26)29)13-17-4-7-18(23)8-5-17/h2-5,7-8,10-12,14H,6,9,13H2,1H3. The summed E-state index contributed by atoms with van der Waals surface area (Å²) >= 11 is 1.29. The fourth-order valence-corrected chi connectivity index (χ4v) is 4.24. The van der Waals surface area contributed by atoms with Crippen LogP contribution in [-0.4, -0.2) is 25.1 Å². The zero-order chi connectivity index (χ0) is 21.1. The van der Waals surface area contributed by atoms with Gasteiger partial charge in [-0.1, -0.05) is 18.2 Å². The molecular weight excluding hydrogens is 403 g/mol. The van der Waals surface area contributed by atoms with Crippen LogP contribution in [0, 0.1) is 12.7 Å². The Morgan fingerprint density at radius 1 is 1.17 bits per heavy atom. The van der Waals surface area contributed by atoms with E-state index in [0.717, 1.165) is 16.7 Å². The Morgan fingerprint density at radius 2 is 1.97 bits per heavy atom. The molecule has 0 bridgehead atoms. The van der Waals surface area contributed by atoms with Crippen LogP contribution in [-0.2, 0) is 13.0 Å². The molecule has 0 spiro atoms. The minimum absolute atomic E-state index is 0.0411. The Morgan fingerprint density at radius 3 is 2.70 bits per heavy atom. The number of hydrogen-bond acceptors (Lipinski definition) is 5. The molecule has 3 aromatic heterocycles. The van der Waals surface area contributed by atoms with E-state index in [2.05, 4.69) is 10.1 Å². The van der Waals surface area contributed by atoms with Gasteiger partial charge in [-0.2, -0.15) is 5.10 Å². The lowest BCUT2D eigenvalue weighted by molar-refractivity contribution is 0.0986. The largest absolute Gasteiger partial charge is 0.351 e. The van der Waals surface area contributed by atoms with Crippen LogP contribution in [0.15, 0.2) is 66.0 Å². The molecule has 0 aliphatic heterocycles. The van der Waals surface area contributed by atoms with E-state index in [9.17, 15) is 14.0 Å². The molecule has 0 aliphatic rings. The van der Waals surface area contributed by atoms with Gasteiger partial charge in [0.1, 0.15) is 17.1 Å². The van der Waals surface area contributed by atoms with Gasteiger partial charge in [-0.3, -0.25) is 9.78 Å². The van der Waals surface area contributed by atoms with Crippen LogP contribution in [0.2, 0.25) is 0 Å². The highest BCUT2D eigenvalue weighted by Gasteiger charge is 2.17. The van der Waals surface area contributed by atoms with Crippen molar-refractivity contribution >= 4 is 17.1 Å². The first-order valence-electron chi connectivity index (χ1n) is 9.43. The lowest BCUT2D eigenvalue weighted by Gasteiger charge is -2.01. The number of ketones is 1. The molecule has 0 aliphatic carbocycles. The molecule has 4 rings (SSSR count). The number of pyridine rings is 1. The van der Waals surface area contributed by atoms with E-state index in [1.54, 1.807) is 24.5 Å². The van der Waals surface area contributed by atoms with Gasteiger partial charge < -0.3 is 0 Å². The van der Waals surface area contributed by atoms with Crippen molar-refractivity contribution in [2.75, 3.05) is 0 Å². The topological polar surface area (TPSA) is 69.8 Å². The molecule has 8 heteroatoms. The maximum atomic E-state index is 13.1. The van der Waals surface area contributed by atoms with E-state index in [4.69, 9.17) is 0 Å². The molecule has 30 heavy (non-hydrogen) atoms. The first-order valence-corrected chi connectivity index (χ1v) is 10.2. The number of halogens is 1. The number of hydrogen-bond donors (Lipinski definition) is 0. The second kappa shape index (κ2) is 8.54. The lowest BCUT2D eigenvalue weighted by atomic mass is 10.1. The monoisotopic (exact) mass is 422 g/mol. The van der Waals surface area contributed by atoms with Crippen molar-refractivity contribution in [3.8, 4) is 5.00 Å². The highest BCUT2D eigenvalue weighted by atomic mass is 32.1. The van der Waals surface area contributed by atoms with Crippen molar-refractivity contribution in [1.82, 2.24) is 19.3 Å². The molecule has 3 heterocycles. The highest BCUT2D eigenvalue weighted by molar-refractivity contribution is 7.16. The van der Waals surface area contributed by atoms with Gasteiger partial charge >= 0.3 is 5.69 Å². The number of carbonyl (C=O) groups excluding carboxylic acids is 1. The molecule has 0 N–H and O–H groups in total. The third kappa shape index (κ3) is 4.28. The Bertz CT molecular complexity index is 1230. The summed E-state index contributed by atoms with van der Waals surface area (Å²) in [4.78, 5) is 30.2. The third-order valence-corrected chi connectivity index (χ3v) is 6.02. The van der Waals surface area contributed by atoms with Gasteiger partial charge in [-0.05, 0) is 54.3 Å². The van der Waals surface area contributed by atoms with Crippen molar-refractivity contribution in [2.24, 2.45) is 0 Å². The summed E-state index contributed by atoms with van der Waals surface area (Å²) in [6, 6.07) is 11.6. The molecule has 4 aromatic rings. The van der Waals surface area contributed by atoms with Crippen LogP contribution in [0.5, 0.6) is 0 Å². The van der Waals surface area contributed by atoms with Gasteiger partial charge in [-0.15, -0.1) is 11.3 Å². The zero-order valence-electron chi connectivity index (χ0n) is 16.3. The molecule has 0 unspecified atom stereocenters. The van der Waals surface area contributed by atoms with Gasteiger partial charge in [0, 0.05) is 18.8 Å². The first-order chi connectivity index (χ1) is 14.5. The molecule has 6 nitrogen and oxygen atoms in total. The van der Waals surface area contributed by atoms with Crippen molar-refractivity contribution in [3.05, 3.63) is 99.1 Å². The van der Waals surface area contributed by atoms with Crippen molar-refractivity contribution in [3.63, 3.8) is 0 Å². The second-order valence-corrected chi connectivity index (χ2v) is 7.98. The number of carbonyl (C=O) groups is 1. The van der Waals surface area contributed by atoms with E-state index >= 15 is 0 Å². The average Bonchev–Trinajstić information content (AvgIpc) is 3.31. The average molecular weight is 422 g/mol. The third-order valence-electron chi connectivity index (χ3n) is 4.74. The molecule has 0 amide bonds. The number of aromatic nitrogens is 4. The normalized spacial score (nSPS) is 11.0. The van der Waals surface area contributed by atoms with Crippen LogP contribution < -0.4 is 5.69 Å². The number of benzene rings is 1. The zero-order valence-corrected chi connectivity index (χ0v) is 17.1. The van der Waals surface area contributed by atoms with E-state index < -0.39 is 0 Å². The summed E-state index contributed by atoms with van der Waals surface area (Å²) in [5, 5.41) is 4.80. The van der Waals surface area contributed by atoms with Crippen LogP contribution in [0.4, 0.5) is 4.39 Å². The molecule has 0 atom stereocenters. The quantitative estimate of drug-likeness (QED) is 0.425. The summed E-state index contributed by atoms with van der Waals surface area (Å²) in [7, 11) is 0. The van der Waals surface area contributed by atoms with E-state index in [0.29, 0.717) is 22.7 Å². The van der Waals surface area contributed by atoms with E-state index in [1.807, 2.05) is 25.1 Å². The summed E-state index contributed by atoms with van der Waals surface area (Å²) in [5.41, 5.74) is 2.32. The smallest absolute Gasteiger partial charge is 0.293 e. The van der Waals surface area contributed by atoms with Gasteiger partial charge in [0.05, 0.1) is 11.4 Å². The highest BCUT2D eigenvalue weighted by Crippen LogP contribution is 2.26. The Balaban J connectivity index is 1.51. The Hall–Kier alpha value is -3.39. The number of nitrogens with zero attached hydrogens (tertiary/aromatic N) is 4. The predicted molar refractivity (Wildman–Crippen MR) is 113 cm³/mol. The predicted octanol–water partition coefficient (Wildman–Crippen LogP) is 3.80. The number of rotatable bonds is 7. The fourth-order valence-electron chi connectivity index (χ4n) is 3.14. The molecule has 152 valence electrons. The summed E-state index contributed by atoms with van der Waals surface area (Å²) in [6.45, 7) is 2.11. The van der Waals surface area contributed by atoms with Crippen molar-refractivity contribution in [1.29, 1.82) is 0 Å². The first kappa shape index (κ1) is 19.9. The Labute approximate surface area is 176 Å². The number of Topliss-reactive ketones (excluding diaryl/α,β-unsaturated/α-hetero) is 1. The van der Waals surface area contributed by atoms with Gasteiger partial charge in [0.15, 0.2) is 5.78 Å². The minimum Gasteiger partial charge on any atom is -0.293 e. The van der Waals surface area contributed by atoms with Crippen LogP contribution in [0.25, 0.3) is 5.00 Å². The minimum atomic E-state index is -0.327. The summed E-state index contributed by atoms with van der Waals surface area (Å²) < 4.78 is 15.8. The number of thiophene rings is 1. The fraction of sp³-hybridized carbons (Fsp3) is 0.182. The lowest BCUT2D eigenvalue weighted by Crippen LogP contribution is -2.23. The van der Waals surface area contributed by atoms with E-state index in [-0.39, 0.29) is 23.8 Å². The summed E-state index contributed by atoms with van der Waals surface area (Å²) in [6.07, 6.45) is 5.91. The second-order valence-electron chi connectivity index (χ2n) is 6.95. The van der Waals surface area contributed by atoms with Gasteiger partial charge in [0.25, 0.3) is 0 Å².